The van der Waals surface area contributed by atoms with Crippen molar-refractivity contribution in [2.45, 2.75) is 63.5 Å². The molecule has 0 saturated heterocycles. The van der Waals surface area contributed by atoms with Gasteiger partial charge in [-0.15, -0.1) is 0 Å². The van der Waals surface area contributed by atoms with Gasteiger partial charge in [0, 0.05) is 25.2 Å². The van der Waals surface area contributed by atoms with Crippen LogP contribution in [0.5, 0.6) is 0 Å². The highest BCUT2D eigenvalue weighted by molar-refractivity contribution is 7.87. The van der Waals surface area contributed by atoms with Gasteiger partial charge in [0.25, 0.3) is 10.2 Å². The summed E-state index contributed by atoms with van der Waals surface area (Å²) in [7, 11) is -1.73. The molecule has 2 aliphatic carbocycles. The fourth-order valence-electron chi connectivity index (χ4n) is 3.02. The molecular weight excluding hydrogens is 262 g/mol. The summed E-state index contributed by atoms with van der Waals surface area (Å²) in [5.41, 5.74) is 5.30. The van der Waals surface area contributed by atoms with Gasteiger partial charge in [0.15, 0.2) is 0 Å². The predicted molar refractivity (Wildman–Crippen MR) is 76.9 cm³/mol. The molecule has 0 aromatic heterocycles. The highest BCUT2D eigenvalue weighted by Gasteiger charge is 2.44. The molecule has 0 aromatic carbocycles. The Morgan fingerprint density at radius 1 is 1.21 bits per heavy atom. The summed E-state index contributed by atoms with van der Waals surface area (Å²) in [6.45, 7) is 2.28. The summed E-state index contributed by atoms with van der Waals surface area (Å²) in [6.07, 6.45) is 7.57. The second-order valence-corrected chi connectivity index (χ2v) is 8.04. The third-order valence-electron chi connectivity index (χ3n) is 4.73. The van der Waals surface area contributed by atoms with Gasteiger partial charge < -0.3 is 5.73 Å². The molecule has 0 heterocycles. The lowest BCUT2D eigenvalue weighted by molar-refractivity contribution is 0.272. The van der Waals surface area contributed by atoms with Crippen LogP contribution in [-0.2, 0) is 10.2 Å². The molecule has 0 aromatic rings. The zero-order chi connectivity index (χ0) is 14.1. The van der Waals surface area contributed by atoms with E-state index in [0.29, 0.717) is 12.5 Å². The zero-order valence-corrected chi connectivity index (χ0v) is 12.9. The Balaban J connectivity index is 2.04. The first-order valence-corrected chi connectivity index (χ1v) is 8.80. The molecule has 2 aliphatic rings. The molecule has 0 bridgehead atoms. The Labute approximate surface area is 117 Å². The highest BCUT2D eigenvalue weighted by Crippen LogP contribution is 2.39. The fourth-order valence-corrected chi connectivity index (χ4v) is 4.61. The Bertz CT molecular complexity index is 402. The summed E-state index contributed by atoms with van der Waals surface area (Å²) >= 11 is 0. The average Bonchev–Trinajstić information content (AvgIpc) is 3.23. The van der Waals surface area contributed by atoms with Gasteiger partial charge in [-0.3, -0.25) is 0 Å². The van der Waals surface area contributed by atoms with Gasteiger partial charge in [0.1, 0.15) is 0 Å². The van der Waals surface area contributed by atoms with E-state index in [9.17, 15) is 8.42 Å². The highest BCUT2D eigenvalue weighted by atomic mass is 32.2. The van der Waals surface area contributed by atoms with E-state index in [1.54, 1.807) is 7.05 Å². The maximum atomic E-state index is 12.5. The number of nitrogens with zero attached hydrogens (tertiary/aromatic N) is 1. The minimum absolute atomic E-state index is 0.146. The molecule has 0 spiro atoms. The molecule has 2 fully saturated rings. The van der Waals surface area contributed by atoms with Gasteiger partial charge in [-0.2, -0.15) is 17.4 Å². The molecule has 19 heavy (non-hydrogen) atoms. The van der Waals surface area contributed by atoms with Crippen LogP contribution in [0.25, 0.3) is 0 Å². The first-order chi connectivity index (χ1) is 8.89. The van der Waals surface area contributed by atoms with Crippen LogP contribution in [0.4, 0.5) is 0 Å². The van der Waals surface area contributed by atoms with Crippen LogP contribution >= 0.6 is 0 Å². The second-order valence-electron chi connectivity index (χ2n) is 6.31. The zero-order valence-electron chi connectivity index (χ0n) is 12.1. The molecule has 1 unspecified atom stereocenters. The van der Waals surface area contributed by atoms with Gasteiger partial charge in [-0.25, -0.2) is 0 Å². The van der Waals surface area contributed by atoms with Crippen molar-refractivity contribution in [1.29, 1.82) is 0 Å². The molecule has 1 atom stereocenters. The Morgan fingerprint density at radius 2 is 1.79 bits per heavy atom. The summed E-state index contributed by atoms with van der Waals surface area (Å²) in [6, 6.07) is 0.146. The van der Waals surface area contributed by atoms with Crippen LogP contribution < -0.4 is 10.5 Å². The first kappa shape index (κ1) is 15.2. The van der Waals surface area contributed by atoms with E-state index in [2.05, 4.69) is 4.72 Å². The lowest BCUT2D eigenvalue weighted by Crippen LogP contribution is -2.57. The molecule has 0 amide bonds. The number of hydrogen-bond donors (Lipinski definition) is 2. The van der Waals surface area contributed by atoms with Crippen LogP contribution in [0.3, 0.4) is 0 Å². The topological polar surface area (TPSA) is 75.4 Å². The summed E-state index contributed by atoms with van der Waals surface area (Å²) < 4.78 is 29.4. The monoisotopic (exact) mass is 289 g/mol. The molecular formula is C13H27N3O2S. The van der Waals surface area contributed by atoms with E-state index in [4.69, 9.17) is 5.73 Å². The third kappa shape index (κ3) is 3.48. The summed E-state index contributed by atoms with van der Waals surface area (Å²) in [4.78, 5) is 0. The van der Waals surface area contributed by atoms with Crippen molar-refractivity contribution >= 4 is 10.2 Å². The van der Waals surface area contributed by atoms with Crippen molar-refractivity contribution in [3.63, 3.8) is 0 Å². The van der Waals surface area contributed by atoms with Crippen molar-refractivity contribution in [2.24, 2.45) is 11.7 Å². The average molecular weight is 289 g/mol. The van der Waals surface area contributed by atoms with Crippen LogP contribution in [-0.4, -0.2) is 37.9 Å². The quantitative estimate of drug-likeness (QED) is 0.772. The maximum absolute atomic E-state index is 12.5. The van der Waals surface area contributed by atoms with E-state index >= 15 is 0 Å². The molecule has 3 N–H and O–H groups in total. The van der Waals surface area contributed by atoms with Gasteiger partial charge in [-0.1, -0.05) is 19.3 Å². The van der Waals surface area contributed by atoms with E-state index in [-0.39, 0.29) is 6.04 Å². The predicted octanol–water partition coefficient (Wildman–Crippen LogP) is 1.21. The van der Waals surface area contributed by atoms with Crippen molar-refractivity contribution in [3.8, 4) is 0 Å². The van der Waals surface area contributed by atoms with E-state index < -0.39 is 15.7 Å². The van der Waals surface area contributed by atoms with Gasteiger partial charge in [0.2, 0.25) is 0 Å². The minimum Gasteiger partial charge on any atom is -0.329 e. The summed E-state index contributed by atoms with van der Waals surface area (Å²) in [5.74, 6) is 0.395. The van der Waals surface area contributed by atoms with Crippen molar-refractivity contribution in [1.82, 2.24) is 9.03 Å². The molecule has 112 valence electrons. The second kappa shape index (κ2) is 5.68. The number of hydrogen-bond acceptors (Lipinski definition) is 3. The molecule has 2 saturated carbocycles. The maximum Gasteiger partial charge on any atom is 0.279 e. The van der Waals surface area contributed by atoms with Crippen LogP contribution in [0, 0.1) is 5.92 Å². The molecule has 5 nitrogen and oxygen atoms in total. The lowest BCUT2D eigenvalue weighted by atomic mass is 9.96. The molecule has 0 radical (unpaired) electrons. The largest absolute Gasteiger partial charge is 0.329 e. The lowest BCUT2D eigenvalue weighted by Gasteiger charge is -2.35. The van der Waals surface area contributed by atoms with Crippen LogP contribution in [0.1, 0.15) is 51.9 Å². The van der Waals surface area contributed by atoms with E-state index in [0.717, 1.165) is 38.5 Å². The van der Waals surface area contributed by atoms with Gasteiger partial charge in [-0.05, 0) is 38.5 Å². The third-order valence-corrected chi connectivity index (χ3v) is 6.51. The minimum atomic E-state index is -3.43. The fraction of sp³-hybridized carbons (Fsp3) is 1.00. The summed E-state index contributed by atoms with van der Waals surface area (Å²) in [5, 5.41) is 0. The van der Waals surface area contributed by atoms with Crippen molar-refractivity contribution < 1.29 is 8.42 Å². The smallest absolute Gasteiger partial charge is 0.279 e. The Morgan fingerprint density at radius 3 is 2.26 bits per heavy atom. The first-order valence-electron chi connectivity index (χ1n) is 7.36. The Hall–Kier alpha value is -0.170. The SMILES string of the molecule is CN(C1CCCCC1)S(=O)(=O)NC(C)(CN)C1CC1. The number of nitrogens with one attached hydrogen (secondary N) is 1. The number of nitrogens with two attached hydrogens (primary N) is 1. The van der Waals surface area contributed by atoms with Crippen molar-refractivity contribution in [2.75, 3.05) is 13.6 Å². The van der Waals surface area contributed by atoms with Gasteiger partial charge >= 0.3 is 0 Å². The Kier molecular flexibility index (Phi) is 4.55. The van der Waals surface area contributed by atoms with Gasteiger partial charge in [0.05, 0.1) is 0 Å². The molecule has 0 aliphatic heterocycles. The van der Waals surface area contributed by atoms with Crippen LogP contribution in [0.2, 0.25) is 0 Å². The van der Waals surface area contributed by atoms with E-state index in [1.165, 1.54) is 10.7 Å². The normalized spacial score (nSPS) is 25.5. The molecule has 2 rings (SSSR count). The van der Waals surface area contributed by atoms with Crippen LogP contribution in [0.15, 0.2) is 0 Å². The standard InChI is InChI=1S/C13H27N3O2S/c1-13(10-14,11-8-9-11)15-19(17,18)16(2)12-6-4-3-5-7-12/h11-12,15H,3-10,14H2,1-2H3. The molecule has 6 heteroatoms. The van der Waals surface area contributed by atoms with E-state index in [1.807, 2.05) is 6.92 Å². The number of rotatable bonds is 6. The van der Waals surface area contributed by atoms with Crippen molar-refractivity contribution in [3.05, 3.63) is 0 Å².